The minimum atomic E-state index is -4.53. The van der Waals surface area contributed by atoms with Crippen molar-refractivity contribution >= 4 is 5.69 Å². The van der Waals surface area contributed by atoms with Crippen molar-refractivity contribution in [3.63, 3.8) is 0 Å². The average molecular weight is 289 g/mol. The maximum Gasteiger partial charge on any atom is 0.416 e. The fourth-order valence-corrected chi connectivity index (χ4v) is 2.52. The Kier molecular flexibility index (Phi) is 4.52. The topological polar surface area (TPSA) is 58.6 Å². The molecule has 1 aromatic carbocycles. The fraction of sp³-hybridized carbons (Fsp3) is 0.538. The van der Waals surface area contributed by atoms with Gasteiger partial charge in [-0.25, -0.2) is 0 Å². The zero-order chi connectivity index (χ0) is 14.8. The van der Waals surface area contributed by atoms with Gasteiger partial charge in [-0.3, -0.25) is 5.21 Å². The van der Waals surface area contributed by atoms with Crippen LogP contribution in [0.5, 0.6) is 0 Å². The van der Waals surface area contributed by atoms with Crippen molar-refractivity contribution in [3.05, 3.63) is 34.5 Å². The quantitative estimate of drug-likeness (QED) is 0.840. The largest absolute Gasteiger partial charge is 0.733 e. The number of piperidine rings is 1. The van der Waals surface area contributed by atoms with Crippen LogP contribution in [0.15, 0.2) is 18.2 Å². The molecule has 0 unspecified atom stereocenters. The van der Waals surface area contributed by atoms with E-state index in [-0.39, 0.29) is 11.5 Å². The smallest absolute Gasteiger partial charge is 0.416 e. The summed E-state index contributed by atoms with van der Waals surface area (Å²) in [6.45, 7) is 1.63. The molecule has 0 atom stereocenters. The molecule has 0 bridgehead atoms. The van der Waals surface area contributed by atoms with Crippen molar-refractivity contribution in [1.82, 2.24) is 5.32 Å². The monoisotopic (exact) mass is 289 g/mol. The van der Waals surface area contributed by atoms with E-state index in [1.165, 1.54) is 12.1 Å². The van der Waals surface area contributed by atoms with Gasteiger partial charge in [0.05, 0.1) is 11.3 Å². The van der Waals surface area contributed by atoms with Crippen LogP contribution in [-0.2, 0) is 12.6 Å². The van der Waals surface area contributed by atoms with Crippen LogP contribution >= 0.6 is 0 Å². The highest BCUT2D eigenvalue weighted by Crippen LogP contribution is 2.36. The normalized spacial score (nSPS) is 17.2. The van der Waals surface area contributed by atoms with Gasteiger partial charge in [-0.2, -0.15) is 13.2 Å². The Hall–Kier alpha value is -1.31. The number of hydrogen-bond donors (Lipinski definition) is 2. The molecule has 0 amide bonds. The number of halogens is 3. The van der Waals surface area contributed by atoms with E-state index >= 15 is 0 Å². The lowest BCUT2D eigenvalue weighted by Crippen LogP contribution is -2.29. The lowest BCUT2D eigenvalue weighted by molar-refractivity contribution is -0.138. The molecule has 0 aliphatic carbocycles. The molecule has 1 fully saturated rings. The molecule has 0 spiro atoms. The Bertz CT molecular complexity index is 457. The molecule has 1 heterocycles. The van der Waals surface area contributed by atoms with Crippen LogP contribution in [0.25, 0.3) is 0 Å². The standard InChI is InChI=1S/C13H16F3N2O2/c14-13(15,16)12-8-11(18(19)20)2-1-10(12)7-9-3-5-17-6-4-9/h1-2,8-9,17,19H,3-7H2/q-1. The van der Waals surface area contributed by atoms with Gasteiger partial charge in [0, 0.05) is 0 Å². The Morgan fingerprint density at radius 1 is 1.30 bits per heavy atom. The van der Waals surface area contributed by atoms with Crippen molar-refractivity contribution in [2.24, 2.45) is 5.92 Å². The van der Waals surface area contributed by atoms with Crippen LogP contribution in [0.1, 0.15) is 24.0 Å². The Labute approximate surface area is 114 Å². The molecule has 1 saturated heterocycles. The van der Waals surface area contributed by atoms with Crippen LogP contribution in [0.3, 0.4) is 0 Å². The second-order valence-corrected chi connectivity index (χ2v) is 5.01. The van der Waals surface area contributed by atoms with E-state index in [1.54, 1.807) is 0 Å². The summed E-state index contributed by atoms with van der Waals surface area (Å²) in [5.74, 6) is 0.209. The van der Waals surface area contributed by atoms with Crippen molar-refractivity contribution < 1.29 is 18.4 Å². The van der Waals surface area contributed by atoms with Crippen LogP contribution in [0.4, 0.5) is 18.9 Å². The van der Waals surface area contributed by atoms with E-state index in [0.717, 1.165) is 25.9 Å². The second kappa shape index (κ2) is 5.99. The molecule has 4 nitrogen and oxygen atoms in total. The minimum Gasteiger partial charge on any atom is -0.733 e. The highest BCUT2D eigenvalue weighted by Gasteiger charge is 2.34. The highest BCUT2D eigenvalue weighted by molar-refractivity contribution is 5.50. The predicted octanol–water partition coefficient (Wildman–Crippen LogP) is 2.94. The van der Waals surface area contributed by atoms with Crippen LogP contribution in [0.2, 0.25) is 0 Å². The maximum atomic E-state index is 13.0. The summed E-state index contributed by atoms with van der Waals surface area (Å²) in [5.41, 5.74) is -1.08. The zero-order valence-corrected chi connectivity index (χ0v) is 10.8. The van der Waals surface area contributed by atoms with Gasteiger partial charge in [0.15, 0.2) is 0 Å². The summed E-state index contributed by atoms with van der Waals surface area (Å²) in [6, 6.07) is 3.18. The summed E-state index contributed by atoms with van der Waals surface area (Å²) in [7, 11) is 0. The predicted molar refractivity (Wildman–Crippen MR) is 68.4 cm³/mol. The molecule has 0 saturated carbocycles. The maximum absolute atomic E-state index is 13.0. The lowest BCUT2D eigenvalue weighted by atomic mass is 9.89. The van der Waals surface area contributed by atoms with E-state index in [0.29, 0.717) is 12.5 Å². The summed E-state index contributed by atoms with van der Waals surface area (Å²) in [5, 5.41) is 22.1. The molecule has 20 heavy (non-hydrogen) atoms. The van der Waals surface area contributed by atoms with Gasteiger partial charge >= 0.3 is 6.18 Å². The first-order valence-electron chi connectivity index (χ1n) is 6.45. The summed E-state index contributed by atoms with van der Waals surface area (Å²) < 4.78 is 39.1. The van der Waals surface area contributed by atoms with Crippen molar-refractivity contribution in [2.75, 3.05) is 18.3 Å². The third kappa shape index (κ3) is 3.62. The van der Waals surface area contributed by atoms with Gasteiger partial charge < -0.3 is 15.8 Å². The summed E-state index contributed by atoms with van der Waals surface area (Å²) >= 11 is 0. The number of nitrogens with zero attached hydrogens (tertiary/aromatic N) is 1. The molecule has 2 N–H and O–H groups in total. The average Bonchev–Trinajstić information content (AvgIpc) is 2.39. The van der Waals surface area contributed by atoms with E-state index < -0.39 is 22.7 Å². The first-order chi connectivity index (χ1) is 9.38. The first-order valence-corrected chi connectivity index (χ1v) is 6.45. The molecular weight excluding hydrogens is 273 g/mol. The van der Waals surface area contributed by atoms with E-state index in [1.807, 2.05) is 0 Å². The SMILES string of the molecule is [O-]N(O)c1ccc(CC2CCNCC2)c(C(F)(F)F)c1. The second-order valence-electron chi connectivity index (χ2n) is 5.01. The third-order valence-corrected chi connectivity index (χ3v) is 3.59. The number of nitrogens with one attached hydrogen (secondary N) is 1. The van der Waals surface area contributed by atoms with Crippen molar-refractivity contribution in [1.29, 1.82) is 0 Å². The summed E-state index contributed by atoms with van der Waals surface area (Å²) in [6.07, 6.45) is -2.52. The fourth-order valence-electron chi connectivity index (χ4n) is 2.52. The van der Waals surface area contributed by atoms with Gasteiger partial charge in [-0.05, 0) is 56.0 Å². The van der Waals surface area contributed by atoms with Crippen molar-refractivity contribution in [3.8, 4) is 0 Å². The lowest BCUT2D eigenvalue weighted by Gasteiger charge is -2.26. The molecule has 0 radical (unpaired) electrons. The van der Waals surface area contributed by atoms with Gasteiger partial charge in [-0.1, -0.05) is 6.07 Å². The van der Waals surface area contributed by atoms with Gasteiger partial charge in [0.25, 0.3) is 0 Å². The van der Waals surface area contributed by atoms with E-state index in [2.05, 4.69) is 5.32 Å². The Morgan fingerprint density at radius 2 is 1.95 bits per heavy atom. The number of benzene rings is 1. The number of anilines is 1. The Morgan fingerprint density at radius 3 is 2.50 bits per heavy atom. The van der Waals surface area contributed by atoms with Gasteiger partial charge in [0.1, 0.15) is 0 Å². The first kappa shape index (κ1) is 15.1. The van der Waals surface area contributed by atoms with Crippen LogP contribution in [0, 0.1) is 11.1 Å². The summed E-state index contributed by atoms with van der Waals surface area (Å²) in [4.78, 5) is 0. The van der Waals surface area contributed by atoms with Crippen LogP contribution < -0.4 is 10.5 Å². The van der Waals surface area contributed by atoms with Gasteiger partial charge in [-0.15, -0.1) is 0 Å². The van der Waals surface area contributed by atoms with Gasteiger partial charge in [0.2, 0.25) is 0 Å². The van der Waals surface area contributed by atoms with E-state index in [4.69, 9.17) is 5.21 Å². The molecule has 1 aliphatic heterocycles. The number of hydrogen-bond acceptors (Lipinski definition) is 4. The minimum absolute atomic E-state index is 0.176. The molecule has 7 heteroatoms. The number of alkyl halides is 3. The molecule has 2 rings (SSSR count). The molecule has 1 aromatic rings. The Balaban J connectivity index is 2.26. The number of rotatable bonds is 3. The van der Waals surface area contributed by atoms with Crippen molar-refractivity contribution in [2.45, 2.75) is 25.4 Å². The third-order valence-electron chi connectivity index (χ3n) is 3.59. The molecular formula is C13H16F3N2O2-. The zero-order valence-electron chi connectivity index (χ0n) is 10.8. The molecule has 1 aliphatic rings. The van der Waals surface area contributed by atoms with E-state index in [9.17, 15) is 18.4 Å². The highest BCUT2D eigenvalue weighted by atomic mass is 19.4. The van der Waals surface area contributed by atoms with Crippen LogP contribution in [-0.4, -0.2) is 18.3 Å². The molecule has 112 valence electrons. The molecule has 0 aromatic heterocycles.